The van der Waals surface area contributed by atoms with Gasteiger partial charge in [0.1, 0.15) is 12.2 Å². The second-order valence-electron chi connectivity index (χ2n) is 4.13. The Balaban J connectivity index is 2.32. The number of benzene rings is 2. The fourth-order valence-corrected chi connectivity index (χ4v) is 1.91. The second kappa shape index (κ2) is 5.81. The van der Waals surface area contributed by atoms with Gasteiger partial charge < -0.3 is 20.6 Å². The van der Waals surface area contributed by atoms with Crippen molar-refractivity contribution in [3.63, 3.8) is 0 Å². The van der Waals surface area contributed by atoms with Gasteiger partial charge in [0, 0.05) is 5.56 Å². The van der Waals surface area contributed by atoms with E-state index < -0.39 is 12.2 Å². The molecule has 0 aliphatic carbocycles. The smallest absolute Gasteiger partial charge is 0.111 e. The Bertz CT molecular complexity index is 530. The van der Waals surface area contributed by atoms with Crippen LogP contribution in [0.2, 0.25) is 0 Å². The molecular weight excluding hydrogens is 246 g/mol. The molecule has 0 fully saturated rings. The highest BCUT2D eigenvalue weighted by molar-refractivity contribution is 5.53. The minimum absolute atomic E-state index is 0.0926. The van der Waals surface area contributed by atoms with Crippen LogP contribution in [0.3, 0.4) is 0 Å². The third-order valence-electron chi connectivity index (χ3n) is 2.90. The first-order valence-electron chi connectivity index (χ1n) is 5.77. The highest BCUT2D eigenvalue weighted by Gasteiger charge is 2.22. The molecule has 100 valence electrons. The number of hydrogen-bond donors (Lipinski definition) is 3. The van der Waals surface area contributed by atoms with Crippen molar-refractivity contribution in [3.8, 4) is 0 Å². The lowest BCUT2D eigenvalue weighted by Gasteiger charge is -2.28. The molecule has 0 saturated carbocycles. The molecule has 0 amide bonds. The minimum atomic E-state index is -1.30. The summed E-state index contributed by atoms with van der Waals surface area (Å²) in [6.45, 7) is 0. The molecule has 2 aromatic carbocycles. The maximum Gasteiger partial charge on any atom is 0.111 e. The van der Waals surface area contributed by atoms with E-state index in [0.717, 1.165) is 0 Å². The van der Waals surface area contributed by atoms with Crippen LogP contribution in [0, 0.1) is 5.21 Å². The maximum absolute atomic E-state index is 11.0. The number of hydrogen-bond acceptors (Lipinski definition) is 5. The molecule has 0 aliphatic rings. The summed E-state index contributed by atoms with van der Waals surface area (Å²) >= 11 is 0. The van der Waals surface area contributed by atoms with Crippen molar-refractivity contribution in [2.24, 2.45) is 0 Å². The first-order chi connectivity index (χ1) is 9.11. The summed E-state index contributed by atoms with van der Waals surface area (Å²) in [4.78, 5) is 0. The predicted molar refractivity (Wildman–Crippen MR) is 70.4 cm³/mol. The Morgan fingerprint density at radius 2 is 1.42 bits per heavy atom. The van der Waals surface area contributed by atoms with Crippen molar-refractivity contribution in [2.45, 2.75) is 12.2 Å². The highest BCUT2D eigenvalue weighted by atomic mass is 16.8. The van der Waals surface area contributed by atoms with Gasteiger partial charge in [0.2, 0.25) is 0 Å². The van der Waals surface area contributed by atoms with Gasteiger partial charge in [0.15, 0.2) is 0 Å². The fourth-order valence-electron chi connectivity index (χ4n) is 1.91. The molecule has 2 unspecified atom stereocenters. The van der Waals surface area contributed by atoms with E-state index in [4.69, 9.17) is 5.21 Å². The van der Waals surface area contributed by atoms with Crippen molar-refractivity contribution in [3.05, 3.63) is 70.9 Å². The zero-order chi connectivity index (χ0) is 13.8. The summed E-state index contributed by atoms with van der Waals surface area (Å²) in [5, 5.41) is 39.9. The normalized spacial score (nSPS) is 13.9. The Morgan fingerprint density at radius 1 is 0.842 bits per heavy atom. The van der Waals surface area contributed by atoms with Crippen LogP contribution >= 0.6 is 0 Å². The first kappa shape index (κ1) is 13.5. The van der Waals surface area contributed by atoms with Crippen LogP contribution in [-0.4, -0.2) is 15.4 Å². The van der Waals surface area contributed by atoms with Crippen LogP contribution in [-0.2, 0) is 0 Å². The largest absolute Gasteiger partial charge is 0.733 e. The van der Waals surface area contributed by atoms with Crippen LogP contribution in [0.5, 0.6) is 0 Å². The quantitative estimate of drug-likeness (QED) is 0.733. The molecule has 3 N–H and O–H groups in total. The number of aliphatic hydroxyl groups is 2. The van der Waals surface area contributed by atoms with Crippen molar-refractivity contribution in [2.75, 3.05) is 5.23 Å². The van der Waals surface area contributed by atoms with E-state index >= 15 is 0 Å². The van der Waals surface area contributed by atoms with Gasteiger partial charge in [-0.05, 0) is 11.6 Å². The van der Waals surface area contributed by atoms with Crippen molar-refractivity contribution in [1.29, 1.82) is 0 Å². The molecule has 5 heteroatoms. The van der Waals surface area contributed by atoms with Gasteiger partial charge in [-0.25, -0.2) is 0 Å². The summed E-state index contributed by atoms with van der Waals surface area (Å²) < 4.78 is 0. The molecule has 19 heavy (non-hydrogen) atoms. The standard InChI is InChI=1S/C14H14NO4/c16-13(10-6-2-1-3-7-10)14(17)11-8-4-5-9-12(11)15(18)19/h1-9,13-14,16-18H/q-1. The molecule has 0 spiro atoms. The minimum Gasteiger partial charge on any atom is -0.733 e. The zero-order valence-electron chi connectivity index (χ0n) is 10.0. The first-order valence-corrected chi connectivity index (χ1v) is 5.77. The maximum atomic E-state index is 11.0. The monoisotopic (exact) mass is 260 g/mol. The summed E-state index contributed by atoms with van der Waals surface area (Å²) in [6.07, 6.45) is -2.48. The van der Waals surface area contributed by atoms with Gasteiger partial charge in [-0.1, -0.05) is 48.5 Å². The van der Waals surface area contributed by atoms with E-state index in [1.54, 1.807) is 42.5 Å². The van der Waals surface area contributed by atoms with Crippen molar-refractivity contribution in [1.82, 2.24) is 0 Å². The lowest BCUT2D eigenvalue weighted by molar-refractivity contribution is 0.0171. The molecule has 2 rings (SSSR count). The van der Waals surface area contributed by atoms with E-state index in [1.807, 2.05) is 0 Å². The van der Waals surface area contributed by atoms with E-state index in [1.165, 1.54) is 12.1 Å². The van der Waals surface area contributed by atoms with Gasteiger partial charge in [-0.2, -0.15) is 0 Å². The van der Waals surface area contributed by atoms with E-state index in [-0.39, 0.29) is 16.5 Å². The van der Waals surface area contributed by atoms with E-state index in [0.29, 0.717) is 5.56 Å². The fraction of sp³-hybridized carbons (Fsp3) is 0.143. The van der Waals surface area contributed by atoms with Crippen LogP contribution < -0.4 is 5.23 Å². The Kier molecular flexibility index (Phi) is 4.13. The molecule has 2 atom stereocenters. The average molecular weight is 260 g/mol. The van der Waals surface area contributed by atoms with Gasteiger partial charge in [-0.15, -0.1) is 0 Å². The van der Waals surface area contributed by atoms with E-state index in [2.05, 4.69) is 0 Å². The molecule has 0 aromatic heterocycles. The number of aliphatic hydroxyl groups excluding tert-OH is 2. The number of anilines is 1. The summed E-state index contributed by atoms with van der Waals surface area (Å²) in [6, 6.07) is 14.6. The summed E-state index contributed by atoms with van der Waals surface area (Å²) in [7, 11) is 0. The molecule has 0 radical (unpaired) electrons. The van der Waals surface area contributed by atoms with Crippen LogP contribution in [0.15, 0.2) is 54.6 Å². The Hall–Kier alpha value is -1.92. The van der Waals surface area contributed by atoms with Gasteiger partial charge in [0.05, 0.1) is 5.69 Å². The predicted octanol–water partition coefficient (Wildman–Crippen LogP) is 2.15. The van der Waals surface area contributed by atoms with Crippen molar-refractivity contribution >= 4 is 5.69 Å². The number of rotatable bonds is 4. The molecule has 0 saturated heterocycles. The molecular formula is C14H14NO4-. The van der Waals surface area contributed by atoms with Gasteiger partial charge in [-0.3, -0.25) is 5.21 Å². The molecule has 5 nitrogen and oxygen atoms in total. The SMILES string of the molecule is [O-]N(O)c1ccccc1C(O)C(O)c1ccccc1. The molecule has 0 bridgehead atoms. The highest BCUT2D eigenvalue weighted by Crippen LogP contribution is 2.33. The van der Waals surface area contributed by atoms with E-state index in [9.17, 15) is 15.4 Å². The molecule has 0 aliphatic heterocycles. The molecule has 2 aromatic rings. The Morgan fingerprint density at radius 3 is 2.05 bits per heavy atom. The molecule has 0 heterocycles. The Labute approximate surface area is 110 Å². The lowest BCUT2D eigenvalue weighted by Crippen LogP contribution is -2.16. The van der Waals surface area contributed by atoms with Crippen LogP contribution in [0.25, 0.3) is 0 Å². The summed E-state index contributed by atoms with van der Waals surface area (Å²) in [5.74, 6) is 0. The second-order valence-corrected chi connectivity index (χ2v) is 4.13. The lowest BCUT2D eigenvalue weighted by atomic mass is 9.97. The topological polar surface area (TPSA) is 87.0 Å². The average Bonchev–Trinajstić information content (AvgIpc) is 2.46. The van der Waals surface area contributed by atoms with Crippen LogP contribution in [0.4, 0.5) is 5.69 Å². The zero-order valence-corrected chi connectivity index (χ0v) is 10.0. The number of para-hydroxylation sites is 1. The van der Waals surface area contributed by atoms with Gasteiger partial charge >= 0.3 is 0 Å². The van der Waals surface area contributed by atoms with Crippen LogP contribution in [0.1, 0.15) is 23.3 Å². The third-order valence-corrected chi connectivity index (χ3v) is 2.90. The van der Waals surface area contributed by atoms with Crippen molar-refractivity contribution < 1.29 is 15.4 Å². The number of nitrogens with zero attached hydrogens (tertiary/aromatic N) is 1. The van der Waals surface area contributed by atoms with Gasteiger partial charge in [0.25, 0.3) is 0 Å². The summed E-state index contributed by atoms with van der Waals surface area (Å²) in [5.41, 5.74) is 0.599. The third kappa shape index (κ3) is 2.91.